The van der Waals surface area contributed by atoms with Crippen molar-refractivity contribution in [3.05, 3.63) is 82.0 Å². The third-order valence-electron chi connectivity index (χ3n) is 4.85. The third-order valence-corrected chi connectivity index (χ3v) is 5.77. The van der Waals surface area contributed by atoms with Crippen molar-refractivity contribution in [3.8, 4) is 11.5 Å². The van der Waals surface area contributed by atoms with Crippen LogP contribution in [0.5, 0.6) is 11.5 Å². The first-order chi connectivity index (χ1) is 14.2. The van der Waals surface area contributed by atoms with Gasteiger partial charge in [-0.2, -0.15) is 5.10 Å². The molecule has 4 rings (SSSR count). The molecule has 0 aliphatic carbocycles. The highest BCUT2D eigenvalue weighted by Crippen LogP contribution is 2.38. The molecular formula is C23H22N2O3S. The first kappa shape index (κ1) is 19.2. The van der Waals surface area contributed by atoms with Gasteiger partial charge >= 0.3 is 0 Å². The van der Waals surface area contributed by atoms with Gasteiger partial charge in [0.25, 0.3) is 0 Å². The number of thiophene rings is 1. The minimum Gasteiger partial charge on any atom is -0.493 e. The van der Waals surface area contributed by atoms with Crippen LogP contribution < -0.4 is 9.47 Å². The summed E-state index contributed by atoms with van der Waals surface area (Å²) in [5.74, 6) is 1.24. The summed E-state index contributed by atoms with van der Waals surface area (Å²) in [6.45, 7) is 2.01. The van der Waals surface area contributed by atoms with E-state index >= 15 is 0 Å². The molecule has 1 aliphatic rings. The van der Waals surface area contributed by atoms with Crippen LogP contribution in [0.4, 0.5) is 0 Å². The van der Waals surface area contributed by atoms with Gasteiger partial charge in [0, 0.05) is 13.3 Å². The van der Waals surface area contributed by atoms with Crippen molar-refractivity contribution in [2.75, 3.05) is 7.11 Å². The zero-order chi connectivity index (χ0) is 20.2. The van der Waals surface area contributed by atoms with Crippen LogP contribution in [0, 0.1) is 0 Å². The highest BCUT2D eigenvalue weighted by atomic mass is 32.1. The Morgan fingerprint density at radius 1 is 1.14 bits per heavy atom. The SMILES string of the molecule is COc1cc([C@H]2CC(c3cccs3)=NN2C(C)=O)ccc1OCc1ccccc1. The summed E-state index contributed by atoms with van der Waals surface area (Å²) in [5.41, 5.74) is 2.99. The predicted molar refractivity (Wildman–Crippen MR) is 115 cm³/mol. The molecule has 0 saturated carbocycles. The van der Waals surface area contributed by atoms with Crippen molar-refractivity contribution in [3.63, 3.8) is 0 Å². The average molecular weight is 407 g/mol. The molecule has 2 heterocycles. The second-order valence-corrected chi connectivity index (χ2v) is 7.74. The Morgan fingerprint density at radius 3 is 2.66 bits per heavy atom. The number of hydrazone groups is 1. The molecule has 5 nitrogen and oxygen atoms in total. The van der Waals surface area contributed by atoms with Gasteiger partial charge < -0.3 is 9.47 Å². The molecule has 148 valence electrons. The summed E-state index contributed by atoms with van der Waals surface area (Å²) in [4.78, 5) is 13.3. The summed E-state index contributed by atoms with van der Waals surface area (Å²) in [5, 5.41) is 8.16. The summed E-state index contributed by atoms with van der Waals surface area (Å²) in [7, 11) is 1.62. The van der Waals surface area contributed by atoms with Gasteiger partial charge in [-0.15, -0.1) is 11.3 Å². The second-order valence-electron chi connectivity index (χ2n) is 6.79. The maximum absolute atomic E-state index is 12.2. The first-order valence-corrected chi connectivity index (χ1v) is 10.3. The monoisotopic (exact) mass is 406 g/mol. The molecular weight excluding hydrogens is 384 g/mol. The molecule has 29 heavy (non-hydrogen) atoms. The minimum absolute atomic E-state index is 0.0788. The van der Waals surface area contributed by atoms with Gasteiger partial charge in [-0.1, -0.05) is 42.5 Å². The van der Waals surface area contributed by atoms with Crippen LogP contribution in [0.3, 0.4) is 0 Å². The van der Waals surface area contributed by atoms with E-state index in [-0.39, 0.29) is 11.9 Å². The fourth-order valence-electron chi connectivity index (χ4n) is 3.40. The lowest BCUT2D eigenvalue weighted by Crippen LogP contribution is -2.24. The molecule has 1 aliphatic heterocycles. The standard InChI is InChI=1S/C23H22N2O3S/c1-16(26)25-20(14-19(24-25)23-9-6-12-29-23)18-10-11-21(22(13-18)27-2)28-15-17-7-4-3-5-8-17/h3-13,20H,14-15H2,1-2H3/t20-/m1/s1. The highest BCUT2D eigenvalue weighted by molar-refractivity contribution is 7.12. The topological polar surface area (TPSA) is 51.1 Å². The predicted octanol–water partition coefficient (Wildman–Crippen LogP) is 5.03. The highest BCUT2D eigenvalue weighted by Gasteiger charge is 2.32. The number of methoxy groups -OCH3 is 1. The molecule has 0 bridgehead atoms. The lowest BCUT2D eigenvalue weighted by molar-refractivity contribution is -0.130. The van der Waals surface area contributed by atoms with Crippen molar-refractivity contribution in [2.45, 2.75) is 26.0 Å². The number of carbonyl (C=O) groups excluding carboxylic acids is 1. The zero-order valence-corrected chi connectivity index (χ0v) is 17.2. The molecule has 2 aromatic carbocycles. The Labute approximate surface area is 174 Å². The molecule has 1 aromatic heterocycles. The van der Waals surface area contributed by atoms with E-state index in [1.165, 1.54) is 0 Å². The lowest BCUT2D eigenvalue weighted by Gasteiger charge is -2.21. The van der Waals surface area contributed by atoms with Gasteiger partial charge in [0.15, 0.2) is 11.5 Å². The van der Waals surface area contributed by atoms with Gasteiger partial charge in [-0.3, -0.25) is 4.79 Å². The lowest BCUT2D eigenvalue weighted by atomic mass is 10.0. The number of hydrogen-bond acceptors (Lipinski definition) is 5. The fourth-order valence-corrected chi connectivity index (χ4v) is 4.12. The minimum atomic E-state index is -0.151. The largest absolute Gasteiger partial charge is 0.493 e. The van der Waals surface area contributed by atoms with E-state index < -0.39 is 0 Å². The second kappa shape index (κ2) is 8.49. The van der Waals surface area contributed by atoms with E-state index in [0.29, 0.717) is 24.5 Å². The van der Waals surface area contributed by atoms with Crippen molar-refractivity contribution in [1.29, 1.82) is 0 Å². The van der Waals surface area contributed by atoms with E-state index in [1.54, 1.807) is 30.4 Å². The van der Waals surface area contributed by atoms with E-state index in [0.717, 1.165) is 21.7 Å². The van der Waals surface area contributed by atoms with Crippen LogP contribution in [0.1, 0.15) is 35.4 Å². The van der Waals surface area contributed by atoms with Gasteiger partial charge in [0.05, 0.1) is 23.7 Å². The smallest absolute Gasteiger partial charge is 0.240 e. The number of carbonyl (C=O) groups is 1. The Balaban J connectivity index is 1.56. The maximum Gasteiger partial charge on any atom is 0.240 e. The van der Waals surface area contributed by atoms with E-state index in [2.05, 4.69) is 5.10 Å². The van der Waals surface area contributed by atoms with Gasteiger partial charge in [0.1, 0.15) is 6.61 Å². The molecule has 1 amide bonds. The Bertz CT molecular complexity index is 1020. The molecule has 1 atom stereocenters. The molecule has 0 unspecified atom stereocenters. The maximum atomic E-state index is 12.2. The van der Waals surface area contributed by atoms with Gasteiger partial charge in [-0.05, 0) is 34.7 Å². The average Bonchev–Trinajstić information content (AvgIpc) is 3.42. The first-order valence-electron chi connectivity index (χ1n) is 9.41. The Kier molecular flexibility index (Phi) is 5.62. The van der Waals surface area contributed by atoms with Gasteiger partial charge in [0.2, 0.25) is 5.91 Å². The van der Waals surface area contributed by atoms with Crippen LogP contribution in [0.15, 0.2) is 71.1 Å². The quantitative estimate of drug-likeness (QED) is 0.577. The van der Waals surface area contributed by atoms with Gasteiger partial charge in [-0.25, -0.2) is 5.01 Å². The molecule has 3 aromatic rings. The molecule has 0 saturated heterocycles. The van der Waals surface area contributed by atoms with Crippen LogP contribution in [0.25, 0.3) is 0 Å². The summed E-state index contributed by atoms with van der Waals surface area (Å²) < 4.78 is 11.5. The molecule has 6 heteroatoms. The molecule has 0 fully saturated rings. The summed E-state index contributed by atoms with van der Waals surface area (Å²) in [6.07, 6.45) is 0.674. The number of nitrogens with zero attached hydrogens (tertiary/aromatic N) is 2. The normalized spacial score (nSPS) is 15.9. The van der Waals surface area contributed by atoms with Crippen LogP contribution in [0.2, 0.25) is 0 Å². The molecule has 0 N–H and O–H groups in total. The van der Waals surface area contributed by atoms with Crippen molar-refractivity contribution < 1.29 is 14.3 Å². The molecule has 0 radical (unpaired) electrons. The number of benzene rings is 2. The van der Waals surface area contributed by atoms with Crippen LogP contribution >= 0.6 is 11.3 Å². The Hall–Kier alpha value is -3.12. The Morgan fingerprint density at radius 2 is 1.97 bits per heavy atom. The van der Waals surface area contributed by atoms with E-state index in [1.807, 2.05) is 66.0 Å². The van der Waals surface area contributed by atoms with Crippen molar-refractivity contribution >= 4 is 23.0 Å². The zero-order valence-electron chi connectivity index (χ0n) is 16.4. The number of hydrogen-bond donors (Lipinski definition) is 0. The number of rotatable bonds is 6. The van der Waals surface area contributed by atoms with E-state index in [4.69, 9.17) is 9.47 Å². The van der Waals surface area contributed by atoms with Crippen molar-refractivity contribution in [2.24, 2.45) is 5.10 Å². The van der Waals surface area contributed by atoms with Crippen LogP contribution in [-0.4, -0.2) is 23.7 Å². The van der Waals surface area contributed by atoms with Crippen LogP contribution in [-0.2, 0) is 11.4 Å². The van der Waals surface area contributed by atoms with Crippen molar-refractivity contribution in [1.82, 2.24) is 5.01 Å². The number of amides is 1. The molecule has 0 spiro atoms. The third kappa shape index (κ3) is 4.17. The number of ether oxygens (including phenoxy) is 2. The summed E-state index contributed by atoms with van der Waals surface area (Å²) >= 11 is 1.63. The fraction of sp³-hybridized carbons (Fsp3) is 0.217. The summed E-state index contributed by atoms with van der Waals surface area (Å²) in [6, 6.07) is 19.7. The van der Waals surface area contributed by atoms with E-state index in [9.17, 15) is 4.79 Å².